The molecule has 0 aromatic heterocycles. The molecule has 0 aromatic rings. The Morgan fingerprint density at radius 2 is 0.636 bits per heavy atom. The number of hydrogen-bond acceptors (Lipinski definition) is 25. The molecule has 25 nitrogen and oxygen atoms in total. The molecular weight excluding hydrogens is 760 g/mol. The van der Waals surface area contributed by atoms with Gasteiger partial charge in [0.25, 0.3) is 0 Å². The molecule has 0 saturated carbocycles. The number of aliphatic hydroxyl groups excluding tert-OH is 15. The van der Waals surface area contributed by atoms with Crippen LogP contribution in [0.2, 0.25) is 0 Å². The Hall–Kier alpha value is -1.00. The number of ether oxygens (including phenoxy) is 10. The second kappa shape index (κ2) is 18.1. The van der Waals surface area contributed by atoms with E-state index >= 15 is 0 Å². The molecule has 15 N–H and O–H groups in total. The fourth-order valence-electron chi connectivity index (χ4n) is 7.21. The highest BCUT2D eigenvalue weighted by molar-refractivity contribution is 4.98. The first-order valence-corrected chi connectivity index (χ1v) is 17.6. The SMILES string of the molecule is OC[C@H]1O[C@H]2OC[C@H]3O[C@H](O[C@@H]4[C@@H](O)[C@@H](O[C@H]5[C@H](O)[C@@H](O)[C@@H](OC[C@H]6O[C@H](O[C@H]([C@H]2O)[C@@H]1O)[C@H](O)[C@@H](O)[C@@H]6O)O[C@@H]5CO)O[C@H](CO)[C@H]4O)[C@H](O)[C@@H](O)[C@@H]3O. The second-order valence-electron chi connectivity index (χ2n) is 14.1. The largest absolute Gasteiger partial charge is 0.394 e. The van der Waals surface area contributed by atoms with Crippen LogP contribution >= 0.6 is 0 Å². The maximum atomic E-state index is 11.3. The average Bonchev–Trinajstić information content (AvgIpc) is 3.17. The zero-order valence-corrected chi connectivity index (χ0v) is 28.8. The Morgan fingerprint density at radius 1 is 0.291 bits per heavy atom. The van der Waals surface area contributed by atoms with E-state index in [1.165, 1.54) is 0 Å². The summed E-state index contributed by atoms with van der Waals surface area (Å²) < 4.78 is 56.0. The van der Waals surface area contributed by atoms with Gasteiger partial charge < -0.3 is 124 Å². The molecule has 7 fully saturated rings. The monoisotopic (exact) mass is 810 g/mol. The van der Waals surface area contributed by atoms with Crippen LogP contribution in [0, 0.1) is 0 Å². The van der Waals surface area contributed by atoms with Crippen LogP contribution in [0.3, 0.4) is 0 Å². The molecule has 0 unspecified atom stereocenters. The number of hydrogen-bond donors (Lipinski definition) is 15. The van der Waals surface area contributed by atoms with Crippen molar-refractivity contribution in [3.05, 3.63) is 0 Å². The van der Waals surface area contributed by atoms with Crippen LogP contribution in [0.5, 0.6) is 0 Å². The normalized spacial score (nSPS) is 55.8. The Morgan fingerprint density at radius 3 is 1.09 bits per heavy atom. The van der Waals surface area contributed by atoms with Crippen LogP contribution in [0.25, 0.3) is 0 Å². The molecule has 25 atom stereocenters. The van der Waals surface area contributed by atoms with Gasteiger partial charge in [-0.1, -0.05) is 0 Å². The van der Waals surface area contributed by atoms with E-state index in [2.05, 4.69) is 0 Å². The first-order valence-electron chi connectivity index (χ1n) is 17.6. The average molecular weight is 811 g/mol. The number of aliphatic hydroxyl groups is 15. The Bertz CT molecular complexity index is 1220. The van der Waals surface area contributed by atoms with Crippen molar-refractivity contribution in [2.24, 2.45) is 0 Å². The summed E-state index contributed by atoms with van der Waals surface area (Å²) in [5, 5.41) is 161. The molecule has 320 valence electrons. The van der Waals surface area contributed by atoms with Gasteiger partial charge in [0.1, 0.15) is 122 Å². The van der Waals surface area contributed by atoms with E-state index in [-0.39, 0.29) is 0 Å². The Balaban J connectivity index is 1.33. The highest BCUT2D eigenvalue weighted by atomic mass is 16.8. The van der Waals surface area contributed by atoms with Gasteiger partial charge >= 0.3 is 0 Å². The minimum absolute atomic E-state index is 0.755. The lowest BCUT2D eigenvalue weighted by Crippen LogP contribution is -2.67. The molecule has 7 rings (SSSR count). The van der Waals surface area contributed by atoms with Gasteiger partial charge in [-0.2, -0.15) is 0 Å². The van der Waals surface area contributed by atoms with E-state index in [9.17, 15) is 76.6 Å². The van der Waals surface area contributed by atoms with Crippen LogP contribution in [0.15, 0.2) is 0 Å². The second-order valence-corrected chi connectivity index (χ2v) is 14.1. The highest BCUT2D eigenvalue weighted by Gasteiger charge is 2.56. The predicted molar refractivity (Wildman–Crippen MR) is 163 cm³/mol. The molecular formula is C30H50O25. The van der Waals surface area contributed by atoms with Gasteiger partial charge in [0.05, 0.1) is 33.0 Å². The van der Waals surface area contributed by atoms with Crippen molar-refractivity contribution in [2.45, 2.75) is 154 Å². The Labute approximate surface area is 310 Å². The first-order chi connectivity index (χ1) is 26.1. The zero-order valence-electron chi connectivity index (χ0n) is 28.8. The van der Waals surface area contributed by atoms with Crippen LogP contribution in [0.1, 0.15) is 0 Å². The lowest BCUT2D eigenvalue weighted by molar-refractivity contribution is -0.382. The third-order valence-corrected chi connectivity index (χ3v) is 10.5. The van der Waals surface area contributed by atoms with Crippen molar-refractivity contribution in [3.63, 3.8) is 0 Å². The van der Waals surface area contributed by atoms with E-state index in [4.69, 9.17) is 47.4 Å². The van der Waals surface area contributed by atoms with Gasteiger partial charge in [-0.15, -0.1) is 0 Å². The van der Waals surface area contributed by atoms with Gasteiger partial charge in [0.2, 0.25) is 0 Å². The summed E-state index contributed by atoms with van der Waals surface area (Å²) in [4.78, 5) is 0. The van der Waals surface area contributed by atoms with Crippen molar-refractivity contribution >= 4 is 0 Å². The number of fused-ring (bicyclic) bond motifs is 4. The summed E-state index contributed by atoms with van der Waals surface area (Å²) in [7, 11) is 0. The van der Waals surface area contributed by atoms with Gasteiger partial charge in [0.15, 0.2) is 31.5 Å². The van der Waals surface area contributed by atoms with Gasteiger partial charge in [-0.25, -0.2) is 0 Å². The van der Waals surface area contributed by atoms with Gasteiger partial charge in [-0.3, -0.25) is 0 Å². The summed E-state index contributed by atoms with van der Waals surface area (Å²) in [6, 6.07) is 0. The van der Waals surface area contributed by atoms with Crippen molar-refractivity contribution in [1.82, 2.24) is 0 Å². The van der Waals surface area contributed by atoms with E-state index in [0.717, 1.165) is 0 Å². The van der Waals surface area contributed by atoms with Crippen molar-refractivity contribution < 1.29 is 124 Å². The summed E-state index contributed by atoms with van der Waals surface area (Å²) >= 11 is 0. The topological polar surface area (TPSA) is 396 Å². The third-order valence-electron chi connectivity index (χ3n) is 10.5. The summed E-state index contributed by atoms with van der Waals surface area (Å²) in [5.74, 6) is 0. The van der Waals surface area contributed by atoms with E-state index in [1.54, 1.807) is 0 Å². The predicted octanol–water partition coefficient (Wildman–Crippen LogP) is -10.9. The highest BCUT2D eigenvalue weighted by Crippen LogP contribution is 2.35. The summed E-state index contributed by atoms with van der Waals surface area (Å²) in [6.45, 7) is -4.25. The zero-order chi connectivity index (χ0) is 40.0. The molecule has 25 heteroatoms. The fraction of sp³-hybridized carbons (Fsp3) is 1.00. The quantitative estimate of drug-likeness (QED) is 0.126. The molecule has 7 heterocycles. The lowest BCUT2D eigenvalue weighted by atomic mass is 9.96. The minimum Gasteiger partial charge on any atom is -0.394 e. The van der Waals surface area contributed by atoms with Crippen molar-refractivity contribution in [1.29, 1.82) is 0 Å². The van der Waals surface area contributed by atoms with Crippen LogP contribution in [-0.2, 0) is 47.4 Å². The summed E-state index contributed by atoms with van der Waals surface area (Å²) in [5.41, 5.74) is 0. The summed E-state index contributed by atoms with van der Waals surface area (Å²) in [6.07, 6.45) is -46.5. The van der Waals surface area contributed by atoms with E-state index in [0.29, 0.717) is 0 Å². The van der Waals surface area contributed by atoms with Crippen LogP contribution in [-0.4, -0.2) is 263 Å². The first kappa shape index (κ1) is 43.6. The third kappa shape index (κ3) is 8.55. The molecule has 55 heavy (non-hydrogen) atoms. The number of rotatable bonds is 3. The molecule has 0 aromatic carbocycles. The molecule has 0 radical (unpaired) electrons. The van der Waals surface area contributed by atoms with E-state index < -0.39 is 187 Å². The maximum Gasteiger partial charge on any atom is 0.187 e. The molecule has 0 spiro atoms. The standard InChI is InChI=1S/C30H50O25/c31-1-6-13(36)24-21(44)27(48-6)47-5-10-12(35)16(39)19(42)29(52-10)55-25-14(37)7(2-32)49-30(22(25)45)53-23-8(3-33)50-26(20(43)17(23)40)46-4-9-11(34)15(38)18(41)28(51-9)54-24/h6-45H,1-5H2/t6-,7-,8-,9-,10-,11-,12-,13-,14-,15+,16+,17-,18-,19-,20-,21-,22-,23-,24+,25+,26+,27-,28-,29-,30-/m1/s1. The van der Waals surface area contributed by atoms with Crippen molar-refractivity contribution in [3.8, 4) is 0 Å². The maximum absolute atomic E-state index is 11.3. The van der Waals surface area contributed by atoms with Crippen LogP contribution < -0.4 is 0 Å². The molecule has 0 aliphatic carbocycles. The molecule has 10 bridgehead atoms. The van der Waals surface area contributed by atoms with Crippen LogP contribution in [0.4, 0.5) is 0 Å². The Kier molecular flexibility index (Phi) is 14.3. The van der Waals surface area contributed by atoms with Gasteiger partial charge in [0, 0.05) is 0 Å². The lowest BCUT2D eigenvalue weighted by Gasteiger charge is -2.48. The minimum atomic E-state index is -2.06. The fourth-order valence-corrected chi connectivity index (χ4v) is 7.21. The molecule has 7 aliphatic rings. The molecule has 0 amide bonds. The van der Waals surface area contributed by atoms with E-state index in [1.807, 2.05) is 0 Å². The smallest absolute Gasteiger partial charge is 0.187 e. The van der Waals surface area contributed by atoms with Gasteiger partial charge in [-0.05, 0) is 0 Å². The molecule has 7 aliphatic heterocycles. The molecule has 7 saturated heterocycles. The van der Waals surface area contributed by atoms with Crippen molar-refractivity contribution in [2.75, 3.05) is 33.0 Å².